The number of ether oxygens (including phenoxy) is 1. The number of hydrogen-bond donors (Lipinski definition) is 1. The summed E-state index contributed by atoms with van der Waals surface area (Å²) in [7, 11) is 0. The van der Waals surface area contributed by atoms with Gasteiger partial charge in [0, 0.05) is 11.1 Å². The summed E-state index contributed by atoms with van der Waals surface area (Å²) < 4.78 is 5.43. The molecular formula is C27H29N3O2. The Hall–Kier alpha value is -3.73. The SMILES string of the molecule is CCCCCCOc1ccccc1O.c1ccc(-c2ncnc(-c3ccccc3)n2)cc1. The van der Waals surface area contributed by atoms with Crippen LogP contribution >= 0.6 is 0 Å². The predicted molar refractivity (Wildman–Crippen MR) is 128 cm³/mol. The molecule has 0 bridgehead atoms. The van der Waals surface area contributed by atoms with Crippen LogP contribution in [-0.2, 0) is 0 Å². The number of phenolic OH excluding ortho intramolecular Hbond substituents is 1. The number of rotatable bonds is 8. The van der Waals surface area contributed by atoms with Gasteiger partial charge < -0.3 is 9.84 Å². The van der Waals surface area contributed by atoms with Crippen LogP contribution in [0.4, 0.5) is 0 Å². The summed E-state index contributed by atoms with van der Waals surface area (Å²) in [5, 5.41) is 9.39. The van der Waals surface area contributed by atoms with Gasteiger partial charge in [0.25, 0.3) is 0 Å². The number of aromatic hydroxyl groups is 1. The minimum Gasteiger partial charge on any atom is -0.504 e. The monoisotopic (exact) mass is 427 g/mol. The lowest BCUT2D eigenvalue weighted by Gasteiger charge is -2.06. The molecule has 0 atom stereocenters. The van der Waals surface area contributed by atoms with E-state index in [-0.39, 0.29) is 5.75 Å². The van der Waals surface area contributed by atoms with Gasteiger partial charge in [-0.3, -0.25) is 0 Å². The molecule has 0 unspecified atom stereocenters. The summed E-state index contributed by atoms with van der Waals surface area (Å²) in [6, 6.07) is 26.9. The first-order chi connectivity index (χ1) is 15.8. The third-order valence-corrected chi connectivity index (χ3v) is 4.76. The van der Waals surface area contributed by atoms with Crippen LogP contribution in [-0.4, -0.2) is 26.7 Å². The molecule has 0 spiro atoms. The maximum absolute atomic E-state index is 9.39. The Bertz CT molecular complexity index is 1000. The number of nitrogens with zero attached hydrogens (tertiary/aromatic N) is 3. The molecule has 1 aromatic heterocycles. The van der Waals surface area contributed by atoms with E-state index < -0.39 is 0 Å². The molecule has 5 heteroatoms. The van der Waals surface area contributed by atoms with Crippen molar-refractivity contribution < 1.29 is 9.84 Å². The Labute approximate surface area is 189 Å². The van der Waals surface area contributed by atoms with Gasteiger partial charge in [0.2, 0.25) is 0 Å². The Morgan fingerprint density at radius 3 is 1.81 bits per heavy atom. The van der Waals surface area contributed by atoms with Crippen LogP contribution in [0, 0.1) is 0 Å². The maximum atomic E-state index is 9.39. The number of hydrogen-bond acceptors (Lipinski definition) is 5. The lowest BCUT2D eigenvalue weighted by atomic mass is 10.2. The van der Waals surface area contributed by atoms with Gasteiger partial charge in [0.1, 0.15) is 6.33 Å². The molecular weight excluding hydrogens is 398 g/mol. The van der Waals surface area contributed by atoms with Gasteiger partial charge in [-0.1, -0.05) is 99.0 Å². The Morgan fingerprint density at radius 2 is 1.25 bits per heavy atom. The van der Waals surface area contributed by atoms with E-state index in [0.717, 1.165) is 17.5 Å². The molecule has 4 rings (SSSR count). The Morgan fingerprint density at radius 1 is 0.688 bits per heavy atom. The number of unbranched alkanes of at least 4 members (excludes halogenated alkanes) is 3. The first-order valence-corrected chi connectivity index (χ1v) is 11.0. The van der Waals surface area contributed by atoms with Crippen LogP contribution < -0.4 is 4.74 Å². The van der Waals surface area contributed by atoms with Crippen LogP contribution in [0.3, 0.4) is 0 Å². The van der Waals surface area contributed by atoms with Gasteiger partial charge in [0.15, 0.2) is 23.1 Å². The molecule has 0 saturated heterocycles. The van der Waals surface area contributed by atoms with Crippen molar-refractivity contribution in [3.8, 4) is 34.3 Å². The molecule has 164 valence electrons. The molecule has 3 aromatic carbocycles. The molecule has 4 aromatic rings. The second-order valence-electron chi connectivity index (χ2n) is 7.24. The fourth-order valence-electron chi connectivity index (χ4n) is 3.04. The van der Waals surface area contributed by atoms with Crippen LogP contribution in [0.15, 0.2) is 91.3 Å². The van der Waals surface area contributed by atoms with Crippen LogP contribution in [0.5, 0.6) is 11.5 Å². The number of para-hydroxylation sites is 2. The molecule has 0 fully saturated rings. The fraction of sp³-hybridized carbons (Fsp3) is 0.222. The van der Waals surface area contributed by atoms with Gasteiger partial charge in [-0.15, -0.1) is 0 Å². The summed E-state index contributed by atoms with van der Waals surface area (Å²) in [5.41, 5.74) is 1.99. The minimum absolute atomic E-state index is 0.225. The van der Waals surface area contributed by atoms with Crippen molar-refractivity contribution >= 4 is 0 Å². The highest BCUT2D eigenvalue weighted by molar-refractivity contribution is 5.60. The molecule has 0 aliphatic heterocycles. The lowest BCUT2D eigenvalue weighted by molar-refractivity contribution is 0.289. The van der Waals surface area contributed by atoms with Gasteiger partial charge in [0.05, 0.1) is 6.61 Å². The Balaban J connectivity index is 0.000000188. The van der Waals surface area contributed by atoms with E-state index in [1.807, 2.05) is 66.7 Å². The average molecular weight is 428 g/mol. The molecule has 1 heterocycles. The van der Waals surface area contributed by atoms with Crippen molar-refractivity contribution in [2.45, 2.75) is 32.6 Å². The molecule has 32 heavy (non-hydrogen) atoms. The van der Waals surface area contributed by atoms with Crippen LogP contribution in [0.25, 0.3) is 22.8 Å². The average Bonchev–Trinajstić information content (AvgIpc) is 2.87. The van der Waals surface area contributed by atoms with Crippen LogP contribution in [0.2, 0.25) is 0 Å². The van der Waals surface area contributed by atoms with E-state index in [1.54, 1.807) is 24.5 Å². The zero-order valence-electron chi connectivity index (χ0n) is 18.4. The zero-order chi connectivity index (χ0) is 22.4. The number of benzene rings is 3. The highest BCUT2D eigenvalue weighted by Crippen LogP contribution is 2.24. The molecule has 0 saturated carbocycles. The summed E-state index contributed by atoms with van der Waals surface area (Å²) >= 11 is 0. The fourth-order valence-corrected chi connectivity index (χ4v) is 3.04. The molecule has 0 aliphatic rings. The van der Waals surface area contributed by atoms with Crippen molar-refractivity contribution in [1.29, 1.82) is 0 Å². The standard InChI is InChI=1S/C15H11N3.C12H18O2/c1-3-7-12(8-4-1)14-16-11-17-15(18-14)13-9-5-2-6-10-13;1-2-3-4-7-10-14-12-9-6-5-8-11(12)13/h1-11H;5-6,8-9,13H,2-4,7,10H2,1H3. The zero-order valence-corrected chi connectivity index (χ0v) is 18.4. The third kappa shape index (κ3) is 7.20. The van der Waals surface area contributed by atoms with E-state index in [0.29, 0.717) is 24.0 Å². The summed E-state index contributed by atoms with van der Waals surface area (Å²) in [6.07, 6.45) is 6.30. The summed E-state index contributed by atoms with van der Waals surface area (Å²) in [5.74, 6) is 2.21. The lowest BCUT2D eigenvalue weighted by Crippen LogP contribution is -1.97. The third-order valence-electron chi connectivity index (χ3n) is 4.76. The summed E-state index contributed by atoms with van der Waals surface area (Å²) in [6.45, 7) is 2.88. The van der Waals surface area contributed by atoms with Crippen molar-refractivity contribution in [2.24, 2.45) is 0 Å². The van der Waals surface area contributed by atoms with E-state index >= 15 is 0 Å². The van der Waals surface area contributed by atoms with E-state index in [2.05, 4.69) is 21.9 Å². The molecule has 1 N–H and O–H groups in total. The van der Waals surface area contributed by atoms with Crippen molar-refractivity contribution in [3.63, 3.8) is 0 Å². The van der Waals surface area contributed by atoms with Gasteiger partial charge in [-0.2, -0.15) is 0 Å². The first-order valence-electron chi connectivity index (χ1n) is 11.0. The van der Waals surface area contributed by atoms with Crippen molar-refractivity contribution in [3.05, 3.63) is 91.3 Å². The molecule has 0 amide bonds. The summed E-state index contributed by atoms with van der Waals surface area (Å²) in [4.78, 5) is 12.9. The van der Waals surface area contributed by atoms with Crippen LogP contribution in [0.1, 0.15) is 32.6 Å². The number of phenols is 1. The second kappa shape index (κ2) is 12.8. The predicted octanol–water partition coefficient (Wildman–Crippen LogP) is 6.56. The highest BCUT2D eigenvalue weighted by atomic mass is 16.5. The van der Waals surface area contributed by atoms with Gasteiger partial charge in [-0.05, 0) is 18.6 Å². The largest absolute Gasteiger partial charge is 0.504 e. The second-order valence-corrected chi connectivity index (χ2v) is 7.24. The number of aromatic nitrogens is 3. The molecule has 0 radical (unpaired) electrons. The molecule has 0 aliphatic carbocycles. The van der Waals surface area contributed by atoms with E-state index in [4.69, 9.17) is 4.74 Å². The highest BCUT2D eigenvalue weighted by Gasteiger charge is 2.04. The van der Waals surface area contributed by atoms with Gasteiger partial charge in [-0.25, -0.2) is 15.0 Å². The maximum Gasteiger partial charge on any atom is 0.163 e. The van der Waals surface area contributed by atoms with E-state index in [1.165, 1.54) is 19.3 Å². The Kier molecular flexibility index (Phi) is 9.21. The first kappa shape index (κ1) is 22.9. The topological polar surface area (TPSA) is 68.1 Å². The normalized spacial score (nSPS) is 10.2. The van der Waals surface area contributed by atoms with Crippen molar-refractivity contribution in [2.75, 3.05) is 6.61 Å². The smallest absolute Gasteiger partial charge is 0.163 e. The quantitative estimate of drug-likeness (QED) is 0.323. The minimum atomic E-state index is 0.225. The molecule has 5 nitrogen and oxygen atoms in total. The van der Waals surface area contributed by atoms with Gasteiger partial charge >= 0.3 is 0 Å². The van der Waals surface area contributed by atoms with E-state index in [9.17, 15) is 5.11 Å². The van der Waals surface area contributed by atoms with Crippen molar-refractivity contribution in [1.82, 2.24) is 15.0 Å².